The van der Waals surface area contributed by atoms with Gasteiger partial charge in [-0.05, 0) is 5.56 Å². The van der Waals surface area contributed by atoms with Crippen molar-refractivity contribution in [3.63, 3.8) is 0 Å². The molecule has 1 aromatic rings. The molecular formula is C10H14N2O2. The number of hydrogen-bond donors (Lipinski definition) is 2. The van der Waals surface area contributed by atoms with Gasteiger partial charge in [0.1, 0.15) is 6.10 Å². The smallest absolute Gasteiger partial charge is 0.216 e. The lowest BCUT2D eigenvalue weighted by atomic mass is 10.1. The Labute approximate surface area is 83.0 Å². The van der Waals surface area contributed by atoms with Gasteiger partial charge in [-0.1, -0.05) is 30.3 Å². The maximum atomic E-state index is 10.7. The summed E-state index contributed by atoms with van der Waals surface area (Å²) in [6, 6.07) is 9.51. The van der Waals surface area contributed by atoms with E-state index in [0.29, 0.717) is 6.54 Å². The molecule has 0 saturated heterocycles. The third-order valence-corrected chi connectivity index (χ3v) is 1.87. The fourth-order valence-electron chi connectivity index (χ4n) is 1.15. The van der Waals surface area contributed by atoms with Crippen LogP contribution in [0.3, 0.4) is 0 Å². The van der Waals surface area contributed by atoms with Crippen LogP contribution in [0.15, 0.2) is 30.3 Å². The average molecular weight is 194 g/mol. The first-order valence-electron chi connectivity index (χ1n) is 4.39. The van der Waals surface area contributed by atoms with Gasteiger partial charge < -0.3 is 5.32 Å². The molecule has 14 heavy (non-hydrogen) atoms. The highest BCUT2D eigenvalue weighted by molar-refractivity contribution is 5.72. The van der Waals surface area contributed by atoms with E-state index in [1.54, 1.807) is 0 Å². The average Bonchev–Trinajstić information content (AvgIpc) is 2.20. The van der Waals surface area contributed by atoms with Crippen LogP contribution in [-0.2, 0) is 9.63 Å². The summed E-state index contributed by atoms with van der Waals surface area (Å²) in [7, 11) is 0. The van der Waals surface area contributed by atoms with Gasteiger partial charge in [-0.3, -0.25) is 9.63 Å². The molecule has 0 saturated carbocycles. The lowest BCUT2D eigenvalue weighted by Gasteiger charge is -2.14. The first-order valence-corrected chi connectivity index (χ1v) is 4.39. The minimum absolute atomic E-state index is 0.0945. The maximum Gasteiger partial charge on any atom is 0.216 e. The Hall–Kier alpha value is -1.39. The van der Waals surface area contributed by atoms with Crippen molar-refractivity contribution in [2.75, 3.05) is 6.54 Å². The number of nitrogens with one attached hydrogen (secondary N) is 1. The van der Waals surface area contributed by atoms with E-state index in [4.69, 9.17) is 10.7 Å². The summed E-state index contributed by atoms with van der Waals surface area (Å²) < 4.78 is 0. The summed E-state index contributed by atoms with van der Waals surface area (Å²) in [6.45, 7) is 1.84. The molecule has 0 aromatic heterocycles. The van der Waals surface area contributed by atoms with Crippen molar-refractivity contribution in [1.82, 2.24) is 5.32 Å². The van der Waals surface area contributed by atoms with E-state index in [1.165, 1.54) is 6.92 Å². The van der Waals surface area contributed by atoms with Crippen LogP contribution >= 0.6 is 0 Å². The second-order valence-electron chi connectivity index (χ2n) is 2.97. The van der Waals surface area contributed by atoms with Crippen LogP contribution in [-0.4, -0.2) is 12.5 Å². The van der Waals surface area contributed by atoms with Crippen molar-refractivity contribution < 1.29 is 9.63 Å². The highest BCUT2D eigenvalue weighted by Crippen LogP contribution is 2.13. The molecular weight excluding hydrogens is 180 g/mol. The van der Waals surface area contributed by atoms with Crippen LogP contribution in [0.2, 0.25) is 0 Å². The van der Waals surface area contributed by atoms with Gasteiger partial charge in [0.25, 0.3) is 0 Å². The molecule has 4 nitrogen and oxygen atoms in total. The predicted octanol–water partition coefficient (Wildman–Crippen LogP) is 0.754. The summed E-state index contributed by atoms with van der Waals surface area (Å²) >= 11 is 0. The van der Waals surface area contributed by atoms with Crippen molar-refractivity contribution in [3.8, 4) is 0 Å². The zero-order chi connectivity index (χ0) is 10.4. The van der Waals surface area contributed by atoms with Crippen LogP contribution in [0.5, 0.6) is 0 Å². The van der Waals surface area contributed by atoms with E-state index in [1.807, 2.05) is 30.3 Å². The highest BCUT2D eigenvalue weighted by Gasteiger charge is 2.10. The normalized spacial score (nSPS) is 12.1. The Morgan fingerprint density at radius 1 is 1.50 bits per heavy atom. The topological polar surface area (TPSA) is 64.3 Å². The van der Waals surface area contributed by atoms with Crippen LogP contribution in [0.25, 0.3) is 0 Å². The molecule has 4 heteroatoms. The molecule has 1 rings (SSSR count). The molecule has 0 heterocycles. The number of amides is 1. The van der Waals surface area contributed by atoms with Crippen LogP contribution in [0.1, 0.15) is 18.6 Å². The number of nitrogens with two attached hydrogens (primary N) is 1. The zero-order valence-corrected chi connectivity index (χ0v) is 8.07. The molecule has 1 amide bonds. The standard InChI is InChI=1S/C10H14N2O2/c1-8(13)12-7-10(14-11)9-5-3-2-4-6-9/h2-6,10H,7,11H2,1H3,(H,12,13). The number of rotatable bonds is 4. The third kappa shape index (κ3) is 3.16. The lowest BCUT2D eigenvalue weighted by Crippen LogP contribution is -2.28. The Morgan fingerprint density at radius 2 is 2.14 bits per heavy atom. The molecule has 0 aliphatic rings. The molecule has 3 N–H and O–H groups in total. The van der Waals surface area contributed by atoms with Gasteiger partial charge in [0, 0.05) is 13.5 Å². The molecule has 0 aliphatic carbocycles. The van der Waals surface area contributed by atoms with Gasteiger partial charge in [-0.25, -0.2) is 5.90 Å². The van der Waals surface area contributed by atoms with Gasteiger partial charge in [0.05, 0.1) is 0 Å². The van der Waals surface area contributed by atoms with Gasteiger partial charge in [-0.2, -0.15) is 0 Å². The van der Waals surface area contributed by atoms with E-state index < -0.39 is 0 Å². The zero-order valence-electron chi connectivity index (χ0n) is 8.07. The van der Waals surface area contributed by atoms with Crippen molar-refractivity contribution in [3.05, 3.63) is 35.9 Å². The first kappa shape index (κ1) is 10.7. The molecule has 1 unspecified atom stereocenters. The summed E-state index contributed by atoms with van der Waals surface area (Å²) in [6.07, 6.45) is -0.292. The Kier molecular flexibility index (Phi) is 4.10. The van der Waals surface area contributed by atoms with Gasteiger partial charge in [0.15, 0.2) is 0 Å². The van der Waals surface area contributed by atoms with Gasteiger partial charge in [-0.15, -0.1) is 0 Å². The maximum absolute atomic E-state index is 10.7. The number of hydrogen-bond acceptors (Lipinski definition) is 3. The molecule has 1 atom stereocenters. The van der Waals surface area contributed by atoms with Crippen molar-refractivity contribution in [2.24, 2.45) is 5.90 Å². The minimum Gasteiger partial charge on any atom is -0.353 e. The van der Waals surface area contributed by atoms with Crippen molar-refractivity contribution >= 4 is 5.91 Å². The fraction of sp³-hybridized carbons (Fsp3) is 0.300. The molecule has 0 spiro atoms. The summed E-state index contributed by atoms with van der Waals surface area (Å²) in [5.74, 6) is 5.05. The molecule has 1 aromatic carbocycles. The number of benzene rings is 1. The molecule has 0 aliphatic heterocycles. The quantitative estimate of drug-likeness (QED) is 0.695. The largest absolute Gasteiger partial charge is 0.353 e. The van der Waals surface area contributed by atoms with Crippen molar-refractivity contribution in [2.45, 2.75) is 13.0 Å². The Morgan fingerprint density at radius 3 is 2.64 bits per heavy atom. The SMILES string of the molecule is CC(=O)NCC(ON)c1ccccc1. The summed E-state index contributed by atoms with van der Waals surface area (Å²) in [4.78, 5) is 15.5. The van der Waals surface area contributed by atoms with E-state index in [0.717, 1.165) is 5.56 Å². The molecule has 76 valence electrons. The molecule has 0 bridgehead atoms. The Balaban J connectivity index is 2.58. The lowest BCUT2D eigenvalue weighted by molar-refractivity contribution is -0.119. The highest BCUT2D eigenvalue weighted by atomic mass is 16.6. The number of carbonyl (C=O) groups excluding carboxylic acids is 1. The number of carbonyl (C=O) groups is 1. The van der Waals surface area contributed by atoms with E-state index in [2.05, 4.69) is 5.32 Å². The molecule has 0 radical (unpaired) electrons. The minimum atomic E-state index is -0.292. The second kappa shape index (κ2) is 5.36. The van der Waals surface area contributed by atoms with E-state index >= 15 is 0 Å². The van der Waals surface area contributed by atoms with Gasteiger partial charge in [0.2, 0.25) is 5.91 Å². The van der Waals surface area contributed by atoms with Gasteiger partial charge >= 0.3 is 0 Å². The van der Waals surface area contributed by atoms with Crippen molar-refractivity contribution in [1.29, 1.82) is 0 Å². The summed E-state index contributed by atoms with van der Waals surface area (Å²) in [5.41, 5.74) is 0.948. The molecule has 0 fully saturated rings. The Bertz CT molecular complexity index is 287. The second-order valence-corrected chi connectivity index (χ2v) is 2.97. The predicted molar refractivity (Wildman–Crippen MR) is 53.1 cm³/mol. The monoisotopic (exact) mass is 194 g/mol. The van der Waals surface area contributed by atoms with E-state index in [-0.39, 0.29) is 12.0 Å². The first-order chi connectivity index (χ1) is 6.74. The van der Waals surface area contributed by atoms with E-state index in [9.17, 15) is 4.79 Å². The third-order valence-electron chi connectivity index (χ3n) is 1.87. The summed E-state index contributed by atoms with van der Waals surface area (Å²) in [5, 5.41) is 2.65. The fourth-order valence-corrected chi connectivity index (χ4v) is 1.15. The van der Waals surface area contributed by atoms with Crippen LogP contribution in [0.4, 0.5) is 0 Å². The van der Waals surface area contributed by atoms with Crippen LogP contribution < -0.4 is 11.2 Å². The van der Waals surface area contributed by atoms with Crippen LogP contribution in [0, 0.1) is 0 Å².